The number of halogens is 2. The minimum Gasteiger partial charge on any atom is -0.392 e. The summed E-state index contributed by atoms with van der Waals surface area (Å²) in [6, 6.07) is 3.05. The molecular formula is C13H19F2NO. The number of aliphatic hydroxyl groups excluding tert-OH is 1. The molecule has 0 spiro atoms. The molecule has 0 fully saturated rings. The van der Waals surface area contributed by atoms with Crippen molar-refractivity contribution >= 4 is 0 Å². The maximum atomic E-state index is 13.3. The summed E-state index contributed by atoms with van der Waals surface area (Å²) in [5, 5.41) is 9.73. The lowest BCUT2D eigenvalue weighted by Gasteiger charge is -2.18. The fourth-order valence-electron chi connectivity index (χ4n) is 1.78. The molecule has 2 atom stereocenters. The quantitative estimate of drug-likeness (QED) is 0.805. The van der Waals surface area contributed by atoms with Crippen molar-refractivity contribution in [3.63, 3.8) is 0 Å². The van der Waals surface area contributed by atoms with Gasteiger partial charge in [-0.25, -0.2) is 8.78 Å². The predicted octanol–water partition coefficient (Wildman–Crippen LogP) is 2.39. The zero-order valence-corrected chi connectivity index (χ0v) is 10.00. The maximum Gasteiger partial charge on any atom is 0.126 e. The first-order valence-electron chi connectivity index (χ1n) is 5.92. The molecule has 0 amide bonds. The molecule has 0 radical (unpaired) electrons. The summed E-state index contributed by atoms with van der Waals surface area (Å²) in [5.41, 5.74) is 6.03. The minimum absolute atomic E-state index is 0.285. The van der Waals surface area contributed by atoms with Gasteiger partial charge in [-0.2, -0.15) is 0 Å². The van der Waals surface area contributed by atoms with Crippen LogP contribution in [0, 0.1) is 11.6 Å². The SMILES string of the molecule is CCCC(N)C(O)CCc1cc(F)ccc1F. The van der Waals surface area contributed by atoms with Crippen LogP contribution in [0.5, 0.6) is 0 Å². The van der Waals surface area contributed by atoms with E-state index >= 15 is 0 Å². The zero-order valence-electron chi connectivity index (χ0n) is 10.00. The molecule has 2 unspecified atom stereocenters. The van der Waals surface area contributed by atoms with Crippen molar-refractivity contribution in [1.29, 1.82) is 0 Å². The second kappa shape index (κ2) is 6.67. The van der Waals surface area contributed by atoms with E-state index in [1.807, 2.05) is 6.92 Å². The molecule has 0 aromatic heterocycles. The number of rotatable bonds is 6. The molecule has 96 valence electrons. The van der Waals surface area contributed by atoms with Gasteiger partial charge in [0, 0.05) is 6.04 Å². The Labute approximate surface area is 100 Å². The second-order valence-corrected chi connectivity index (χ2v) is 4.29. The molecule has 0 aliphatic rings. The van der Waals surface area contributed by atoms with Gasteiger partial charge in [0.2, 0.25) is 0 Å². The van der Waals surface area contributed by atoms with Crippen LogP contribution in [-0.4, -0.2) is 17.3 Å². The normalized spacial score (nSPS) is 14.6. The van der Waals surface area contributed by atoms with Gasteiger partial charge in [-0.15, -0.1) is 0 Å². The summed E-state index contributed by atoms with van der Waals surface area (Å²) < 4.78 is 26.2. The van der Waals surface area contributed by atoms with E-state index in [-0.39, 0.29) is 11.6 Å². The lowest BCUT2D eigenvalue weighted by Crippen LogP contribution is -2.34. The number of hydrogen-bond acceptors (Lipinski definition) is 2. The Morgan fingerprint density at radius 1 is 1.29 bits per heavy atom. The van der Waals surface area contributed by atoms with E-state index in [0.29, 0.717) is 12.8 Å². The van der Waals surface area contributed by atoms with Gasteiger partial charge in [0.05, 0.1) is 6.10 Å². The van der Waals surface area contributed by atoms with Crippen LogP contribution in [0.1, 0.15) is 31.7 Å². The number of hydrogen-bond donors (Lipinski definition) is 2. The van der Waals surface area contributed by atoms with Crippen LogP contribution in [0.2, 0.25) is 0 Å². The number of aryl methyl sites for hydroxylation is 1. The van der Waals surface area contributed by atoms with Gasteiger partial charge in [-0.1, -0.05) is 13.3 Å². The molecule has 0 aliphatic carbocycles. The van der Waals surface area contributed by atoms with E-state index in [1.54, 1.807) is 0 Å². The molecule has 2 nitrogen and oxygen atoms in total. The van der Waals surface area contributed by atoms with E-state index in [4.69, 9.17) is 5.73 Å². The highest BCUT2D eigenvalue weighted by atomic mass is 19.1. The van der Waals surface area contributed by atoms with Gasteiger partial charge in [-0.3, -0.25) is 0 Å². The molecule has 0 saturated carbocycles. The monoisotopic (exact) mass is 243 g/mol. The fraction of sp³-hybridized carbons (Fsp3) is 0.538. The Bertz CT molecular complexity index is 357. The van der Waals surface area contributed by atoms with E-state index in [9.17, 15) is 13.9 Å². The molecule has 0 saturated heterocycles. The van der Waals surface area contributed by atoms with Crippen molar-refractivity contribution in [1.82, 2.24) is 0 Å². The Kier molecular flexibility index (Phi) is 5.51. The lowest BCUT2D eigenvalue weighted by atomic mass is 9.99. The minimum atomic E-state index is -0.669. The van der Waals surface area contributed by atoms with Gasteiger partial charge in [-0.05, 0) is 43.0 Å². The lowest BCUT2D eigenvalue weighted by molar-refractivity contribution is 0.130. The third-order valence-corrected chi connectivity index (χ3v) is 2.83. The van der Waals surface area contributed by atoms with Crippen LogP contribution < -0.4 is 5.73 Å². The Morgan fingerprint density at radius 3 is 2.65 bits per heavy atom. The average molecular weight is 243 g/mol. The van der Waals surface area contributed by atoms with Gasteiger partial charge in [0.1, 0.15) is 11.6 Å². The van der Waals surface area contributed by atoms with E-state index in [2.05, 4.69) is 0 Å². The molecular weight excluding hydrogens is 224 g/mol. The van der Waals surface area contributed by atoms with Gasteiger partial charge >= 0.3 is 0 Å². The van der Waals surface area contributed by atoms with Crippen LogP contribution >= 0.6 is 0 Å². The Morgan fingerprint density at radius 2 is 2.00 bits per heavy atom. The van der Waals surface area contributed by atoms with E-state index in [0.717, 1.165) is 31.0 Å². The first kappa shape index (κ1) is 14.1. The molecule has 17 heavy (non-hydrogen) atoms. The number of benzene rings is 1. The standard InChI is InChI=1S/C13H19F2NO/c1-2-3-12(16)13(17)7-4-9-8-10(14)5-6-11(9)15/h5-6,8,12-13,17H,2-4,7,16H2,1H3. The average Bonchev–Trinajstić information content (AvgIpc) is 2.30. The zero-order chi connectivity index (χ0) is 12.8. The summed E-state index contributed by atoms with van der Waals surface area (Å²) in [4.78, 5) is 0. The van der Waals surface area contributed by atoms with Crippen molar-refractivity contribution in [2.75, 3.05) is 0 Å². The maximum absolute atomic E-state index is 13.3. The first-order valence-corrected chi connectivity index (χ1v) is 5.92. The van der Waals surface area contributed by atoms with Gasteiger partial charge < -0.3 is 10.8 Å². The van der Waals surface area contributed by atoms with Crippen molar-refractivity contribution in [2.45, 2.75) is 44.8 Å². The van der Waals surface area contributed by atoms with Gasteiger partial charge in [0.15, 0.2) is 0 Å². The smallest absolute Gasteiger partial charge is 0.126 e. The third-order valence-electron chi connectivity index (χ3n) is 2.83. The second-order valence-electron chi connectivity index (χ2n) is 4.29. The summed E-state index contributed by atoms with van der Waals surface area (Å²) in [5.74, 6) is -0.906. The van der Waals surface area contributed by atoms with Crippen LogP contribution in [0.15, 0.2) is 18.2 Å². The van der Waals surface area contributed by atoms with Crippen molar-refractivity contribution in [3.8, 4) is 0 Å². The molecule has 0 aliphatic heterocycles. The first-order chi connectivity index (χ1) is 8.04. The Balaban J connectivity index is 2.52. The summed E-state index contributed by atoms with van der Waals surface area (Å²) in [6.45, 7) is 1.98. The predicted molar refractivity (Wildman–Crippen MR) is 63.6 cm³/mol. The summed E-state index contributed by atoms with van der Waals surface area (Å²) in [7, 11) is 0. The highest BCUT2D eigenvalue weighted by molar-refractivity contribution is 5.18. The van der Waals surface area contributed by atoms with Crippen LogP contribution in [0.3, 0.4) is 0 Å². The third kappa shape index (κ3) is 4.40. The van der Waals surface area contributed by atoms with E-state index < -0.39 is 17.7 Å². The molecule has 0 heterocycles. The summed E-state index contributed by atoms with van der Waals surface area (Å²) >= 11 is 0. The highest BCUT2D eigenvalue weighted by Crippen LogP contribution is 2.14. The van der Waals surface area contributed by atoms with Gasteiger partial charge in [0.25, 0.3) is 0 Å². The molecule has 1 aromatic rings. The van der Waals surface area contributed by atoms with Crippen molar-refractivity contribution in [2.24, 2.45) is 5.73 Å². The molecule has 0 bridgehead atoms. The Hall–Kier alpha value is -1.00. The largest absolute Gasteiger partial charge is 0.392 e. The number of nitrogens with two attached hydrogens (primary N) is 1. The highest BCUT2D eigenvalue weighted by Gasteiger charge is 2.14. The van der Waals surface area contributed by atoms with Crippen LogP contribution in [0.4, 0.5) is 8.78 Å². The molecule has 1 rings (SSSR count). The molecule has 3 N–H and O–H groups in total. The molecule has 1 aromatic carbocycles. The molecule has 4 heteroatoms. The fourth-order valence-corrected chi connectivity index (χ4v) is 1.78. The summed E-state index contributed by atoms with van der Waals surface area (Å²) in [6.07, 6.45) is 1.60. The van der Waals surface area contributed by atoms with Crippen molar-refractivity contribution in [3.05, 3.63) is 35.4 Å². The van der Waals surface area contributed by atoms with Crippen LogP contribution in [-0.2, 0) is 6.42 Å². The number of aliphatic hydroxyl groups is 1. The van der Waals surface area contributed by atoms with E-state index in [1.165, 1.54) is 0 Å². The van der Waals surface area contributed by atoms with Crippen LogP contribution in [0.25, 0.3) is 0 Å². The topological polar surface area (TPSA) is 46.2 Å². The van der Waals surface area contributed by atoms with Crippen molar-refractivity contribution < 1.29 is 13.9 Å².